The standard InChI is InChI=1S/C19H25N3O3S/c1-13-17(14(2)22-21-13)9-12-20-18(23)19(10-4-11-19)15-5-7-16(8-6-15)26(3,24)25/h5-8H,4,9-12H2,1-3H3,(H,20,23)(H,21,22). The van der Waals surface area contributed by atoms with Gasteiger partial charge in [-0.05, 0) is 56.4 Å². The molecule has 0 bridgehead atoms. The summed E-state index contributed by atoms with van der Waals surface area (Å²) in [6.45, 7) is 4.49. The van der Waals surface area contributed by atoms with Crippen LogP contribution in [0.1, 0.15) is 41.8 Å². The first kappa shape index (κ1) is 18.6. The second kappa shape index (κ2) is 6.87. The predicted molar refractivity (Wildman–Crippen MR) is 99.9 cm³/mol. The Kier molecular flexibility index (Phi) is 4.92. The lowest BCUT2D eigenvalue weighted by molar-refractivity contribution is -0.129. The molecule has 0 saturated heterocycles. The Labute approximate surface area is 154 Å². The molecule has 1 heterocycles. The molecule has 26 heavy (non-hydrogen) atoms. The summed E-state index contributed by atoms with van der Waals surface area (Å²) in [4.78, 5) is 13.2. The summed E-state index contributed by atoms with van der Waals surface area (Å²) in [6, 6.07) is 6.74. The number of nitrogens with one attached hydrogen (secondary N) is 2. The molecule has 1 aliphatic rings. The fourth-order valence-corrected chi connectivity index (χ4v) is 4.24. The highest BCUT2D eigenvalue weighted by molar-refractivity contribution is 7.90. The van der Waals surface area contributed by atoms with Crippen molar-refractivity contribution in [3.63, 3.8) is 0 Å². The molecule has 1 amide bonds. The van der Waals surface area contributed by atoms with Gasteiger partial charge in [0.15, 0.2) is 9.84 Å². The van der Waals surface area contributed by atoms with E-state index in [1.165, 1.54) is 6.26 Å². The Bertz CT molecular complexity index is 891. The quantitative estimate of drug-likeness (QED) is 0.810. The number of rotatable bonds is 6. The fourth-order valence-electron chi connectivity index (χ4n) is 3.61. The number of amides is 1. The van der Waals surface area contributed by atoms with Gasteiger partial charge in [0.2, 0.25) is 5.91 Å². The van der Waals surface area contributed by atoms with Crippen molar-refractivity contribution in [1.29, 1.82) is 0 Å². The van der Waals surface area contributed by atoms with Crippen LogP contribution in [-0.4, -0.2) is 37.3 Å². The number of sulfone groups is 1. The highest BCUT2D eigenvalue weighted by Gasteiger charge is 2.45. The molecule has 2 N–H and O–H groups in total. The SMILES string of the molecule is Cc1n[nH]c(C)c1CCNC(=O)C1(c2ccc(S(C)(=O)=O)cc2)CCC1. The van der Waals surface area contributed by atoms with Crippen LogP contribution in [-0.2, 0) is 26.5 Å². The van der Waals surface area contributed by atoms with Crippen molar-refractivity contribution in [1.82, 2.24) is 15.5 Å². The Morgan fingerprint density at radius 1 is 1.23 bits per heavy atom. The molecule has 7 heteroatoms. The van der Waals surface area contributed by atoms with Crippen LogP contribution in [0, 0.1) is 13.8 Å². The molecule has 1 aliphatic carbocycles. The number of carbonyl (C=O) groups excluding carboxylic acids is 1. The topological polar surface area (TPSA) is 91.9 Å². The van der Waals surface area contributed by atoms with E-state index in [1.807, 2.05) is 13.8 Å². The number of aromatic amines is 1. The smallest absolute Gasteiger partial charge is 0.230 e. The van der Waals surface area contributed by atoms with Crippen molar-refractivity contribution in [2.75, 3.05) is 12.8 Å². The number of H-pyrrole nitrogens is 1. The largest absolute Gasteiger partial charge is 0.355 e. The highest BCUT2D eigenvalue weighted by atomic mass is 32.2. The zero-order chi connectivity index (χ0) is 18.9. The van der Waals surface area contributed by atoms with Crippen LogP contribution in [0.3, 0.4) is 0 Å². The number of hydrogen-bond acceptors (Lipinski definition) is 4. The average Bonchev–Trinajstić information content (AvgIpc) is 2.85. The Morgan fingerprint density at radius 2 is 1.88 bits per heavy atom. The predicted octanol–water partition coefficient (Wildman–Crippen LogP) is 2.21. The number of aromatic nitrogens is 2. The van der Waals surface area contributed by atoms with E-state index in [2.05, 4.69) is 15.5 Å². The third-order valence-corrected chi connectivity index (χ3v) is 6.55. The first-order valence-corrected chi connectivity index (χ1v) is 10.7. The first-order valence-electron chi connectivity index (χ1n) is 8.83. The van der Waals surface area contributed by atoms with Crippen molar-refractivity contribution in [2.45, 2.75) is 49.8 Å². The zero-order valence-corrected chi connectivity index (χ0v) is 16.2. The van der Waals surface area contributed by atoms with Crippen LogP contribution in [0.2, 0.25) is 0 Å². The third-order valence-electron chi connectivity index (χ3n) is 5.42. The van der Waals surface area contributed by atoms with Gasteiger partial charge in [-0.2, -0.15) is 5.10 Å². The lowest BCUT2D eigenvalue weighted by Gasteiger charge is -2.40. The summed E-state index contributed by atoms with van der Waals surface area (Å²) >= 11 is 0. The molecule has 0 atom stereocenters. The van der Waals surface area contributed by atoms with Crippen molar-refractivity contribution in [3.05, 3.63) is 46.8 Å². The normalized spacial score (nSPS) is 16.1. The van der Waals surface area contributed by atoms with Gasteiger partial charge in [-0.1, -0.05) is 18.6 Å². The molecule has 3 rings (SSSR count). The number of hydrogen-bond donors (Lipinski definition) is 2. The molecular formula is C19H25N3O3S. The fraction of sp³-hybridized carbons (Fsp3) is 0.474. The van der Waals surface area contributed by atoms with E-state index in [9.17, 15) is 13.2 Å². The Balaban J connectivity index is 1.70. The maximum atomic E-state index is 12.9. The molecule has 0 radical (unpaired) electrons. The lowest BCUT2D eigenvalue weighted by atomic mass is 9.64. The molecule has 2 aromatic rings. The van der Waals surface area contributed by atoms with Crippen LogP contribution in [0.4, 0.5) is 0 Å². The molecule has 1 aromatic carbocycles. The van der Waals surface area contributed by atoms with E-state index in [1.54, 1.807) is 24.3 Å². The van der Waals surface area contributed by atoms with E-state index in [4.69, 9.17) is 0 Å². The van der Waals surface area contributed by atoms with Gasteiger partial charge in [0, 0.05) is 18.5 Å². The summed E-state index contributed by atoms with van der Waals surface area (Å²) < 4.78 is 23.3. The van der Waals surface area contributed by atoms with Crippen molar-refractivity contribution >= 4 is 15.7 Å². The number of benzene rings is 1. The second-order valence-electron chi connectivity index (χ2n) is 7.15. The number of aryl methyl sites for hydroxylation is 2. The summed E-state index contributed by atoms with van der Waals surface area (Å²) in [5, 5.41) is 10.2. The highest BCUT2D eigenvalue weighted by Crippen LogP contribution is 2.44. The van der Waals surface area contributed by atoms with Gasteiger partial charge < -0.3 is 5.32 Å². The van der Waals surface area contributed by atoms with Gasteiger partial charge in [-0.25, -0.2) is 8.42 Å². The van der Waals surface area contributed by atoms with Crippen molar-refractivity contribution < 1.29 is 13.2 Å². The molecule has 1 aromatic heterocycles. The number of carbonyl (C=O) groups is 1. The van der Waals surface area contributed by atoms with Gasteiger partial charge in [-0.3, -0.25) is 9.89 Å². The maximum absolute atomic E-state index is 12.9. The molecule has 1 fully saturated rings. The lowest BCUT2D eigenvalue weighted by Crippen LogP contribution is -2.49. The number of nitrogens with zero attached hydrogens (tertiary/aromatic N) is 1. The molecule has 0 unspecified atom stereocenters. The van der Waals surface area contributed by atoms with Crippen LogP contribution in [0.15, 0.2) is 29.2 Å². The van der Waals surface area contributed by atoms with Gasteiger partial charge in [0.25, 0.3) is 0 Å². The Hall–Kier alpha value is -2.15. The summed E-state index contributed by atoms with van der Waals surface area (Å²) in [5.74, 6) is 0.0228. The third kappa shape index (κ3) is 3.40. The molecule has 1 saturated carbocycles. The monoisotopic (exact) mass is 375 g/mol. The minimum Gasteiger partial charge on any atom is -0.355 e. The molecule has 6 nitrogen and oxygen atoms in total. The van der Waals surface area contributed by atoms with Crippen LogP contribution in [0.5, 0.6) is 0 Å². The minimum absolute atomic E-state index is 0.0228. The molecular weight excluding hydrogens is 350 g/mol. The molecule has 140 valence electrons. The van der Waals surface area contributed by atoms with Crippen LogP contribution >= 0.6 is 0 Å². The zero-order valence-electron chi connectivity index (χ0n) is 15.4. The molecule has 0 spiro atoms. The van der Waals surface area contributed by atoms with Crippen LogP contribution < -0.4 is 5.32 Å². The summed E-state index contributed by atoms with van der Waals surface area (Å²) in [6.07, 6.45) is 4.51. The van der Waals surface area contributed by atoms with Crippen molar-refractivity contribution in [2.24, 2.45) is 0 Å². The van der Waals surface area contributed by atoms with Gasteiger partial charge in [0.1, 0.15) is 0 Å². The first-order chi connectivity index (χ1) is 12.2. The average molecular weight is 375 g/mol. The van der Waals surface area contributed by atoms with Gasteiger partial charge in [-0.15, -0.1) is 0 Å². The molecule has 0 aliphatic heterocycles. The minimum atomic E-state index is -3.23. The maximum Gasteiger partial charge on any atom is 0.230 e. The summed E-state index contributed by atoms with van der Waals surface area (Å²) in [5.41, 5.74) is 3.50. The van der Waals surface area contributed by atoms with E-state index < -0.39 is 15.3 Å². The van der Waals surface area contributed by atoms with E-state index in [0.29, 0.717) is 6.54 Å². The second-order valence-corrected chi connectivity index (χ2v) is 9.17. The van der Waals surface area contributed by atoms with Crippen molar-refractivity contribution in [3.8, 4) is 0 Å². The van der Waals surface area contributed by atoms with E-state index >= 15 is 0 Å². The van der Waals surface area contributed by atoms with Gasteiger partial charge >= 0.3 is 0 Å². The van der Waals surface area contributed by atoms with E-state index in [-0.39, 0.29) is 10.8 Å². The Morgan fingerprint density at radius 3 is 2.35 bits per heavy atom. The van der Waals surface area contributed by atoms with E-state index in [0.717, 1.165) is 48.2 Å². The van der Waals surface area contributed by atoms with Gasteiger partial charge in [0.05, 0.1) is 16.0 Å². The summed E-state index contributed by atoms with van der Waals surface area (Å²) in [7, 11) is -3.23. The van der Waals surface area contributed by atoms with Crippen LogP contribution in [0.25, 0.3) is 0 Å².